The normalized spacial score (nSPS) is 28.2. The quantitative estimate of drug-likeness (QED) is 0.818. The van der Waals surface area contributed by atoms with Gasteiger partial charge in [0.2, 0.25) is 0 Å². The Morgan fingerprint density at radius 2 is 2.04 bits per heavy atom. The van der Waals surface area contributed by atoms with Gasteiger partial charge in [0.15, 0.2) is 0 Å². The molecule has 0 saturated carbocycles. The fraction of sp³-hybridized carbons (Fsp3) is 0.800. The minimum atomic E-state index is 0.119. The van der Waals surface area contributed by atoms with Gasteiger partial charge in [-0.1, -0.05) is 0 Å². The zero-order valence-electron chi connectivity index (χ0n) is 15.5. The van der Waals surface area contributed by atoms with Crippen molar-refractivity contribution in [1.82, 2.24) is 9.80 Å². The zero-order chi connectivity index (χ0) is 17.1. The van der Waals surface area contributed by atoms with Crippen LogP contribution in [0.1, 0.15) is 37.9 Å². The molecule has 5 heteroatoms. The van der Waals surface area contributed by atoms with E-state index in [0.717, 1.165) is 44.5 Å². The Morgan fingerprint density at radius 1 is 1.24 bits per heavy atom. The fourth-order valence-electron chi connectivity index (χ4n) is 4.67. The van der Waals surface area contributed by atoms with E-state index >= 15 is 0 Å². The molecule has 140 valence electrons. The smallest absolute Gasteiger partial charge is 0.117 e. The molecule has 25 heavy (non-hydrogen) atoms. The van der Waals surface area contributed by atoms with Gasteiger partial charge in [-0.05, 0) is 57.2 Å². The first-order chi connectivity index (χ1) is 12.2. The van der Waals surface area contributed by atoms with Gasteiger partial charge in [-0.15, -0.1) is 0 Å². The van der Waals surface area contributed by atoms with Crippen LogP contribution in [0.5, 0.6) is 0 Å². The van der Waals surface area contributed by atoms with Gasteiger partial charge in [-0.2, -0.15) is 0 Å². The Labute approximate surface area is 151 Å². The van der Waals surface area contributed by atoms with E-state index in [1.165, 1.54) is 45.3 Å². The third-order valence-electron chi connectivity index (χ3n) is 6.42. The Morgan fingerprint density at radius 3 is 2.76 bits per heavy atom. The van der Waals surface area contributed by atoms with Gasteiger partial charge < -0.3 is 18.8 Å². The zero-order valence-corrected chi connectivity index (χ0v) is 15.5. The Bertz CT molecular complexity index is 519. The van der Waals surface area contributed by atoms with E-state index < -0.39 is 0 Å². The molecule has 1 spiro atoms. The lowest BCUT2D eigenvalue weighted by Crippen LogP contribution is -2.46. The average molecular weight is 348 g/mol. The highest BCUT2D eigenvalue weighted by Crippen LogP contribution is 2.38. The van der Waals surface area contributed by atoms with Crippen LogP contribution < -0.4 is 0 Å². The molecule has 5 nitrogen and oxygen atoms in total. The van der Waals surface area contributed by atoms with Gasteiger partial charge in [0, 0.05) is 38.9 Å². The molecule has 0 amide bonds. The van der Waals surface area contributed by atoms with Crippen LogP contribution in [0, 0.1) is 5.92 Å². The van der Waals surface area contributed by atoms with E-state index in [0.29, 0.717) is 6.04 Å². The third kappa shape index (κ3) is 4.27. The van der Waals surface area contributed by atoms with Crippen molar-refractivity contribution >= 4 is 0 Å². The van der Waals surface area contributed by atoms with Crippen molar-refractivity contribution in [3.63, 3.8) is 0 Å². The highest BCUT2D eigenvalue weighted by molar-refractivity contribution is 5.01. The van der Waals surface area contributed by atoms with Crippen LogP contribution in [0.15, 0.2) is 22.8 Å². The van der Waals surface area contributed by atoms with Crippen molar-refractivity contribution in [3.05, 3.63) is 24.2 Å². The molecule has 3 saturated heterocycles. The summed E-state index contributed by atoms with van der Waals surface area (Å²) in [5, 5.41) is 0. The SMILES string of the molecule is CN(Cc1ccco1)[C@@H]1COC2(CCN(CC3CCOCC3)CC2)C1. The number of nitrogens with zero attached hydrogens (tertiary/aromatic N) is 2. The van der Waals surface area contributed by atoms with E-state index in [9.17, 15) is 0 Å². The van der Waals surface area contributed by atoms with Crippen molar-refractivity contribution < 1.29 is 13.9 Å². The van der Waals surface area contributed by atoms with Crippen molar-refractivity contribution in [1.29, 1.82) is 0 Å². The van der Waals surface area contributed by atoms with Gasteiger partial charge in [0.25, 0.3) is 0 Å². The van der Waals surface area contributed by atoms with Crippen molar-refractivity contribution in [2.45, 2.75) is 50.3 Å². The number of ether oxygens (including phenoxy) is 2. The maximum Gasteiger partial charge on any atom is 0.117 e. The van der Waals surface area contributed by atoms with Gasteiger partial charge >= 0.3 is 0 Å². The van der Waals surface area contributed by atoms with Crippen LogP contribution in [0.4, 0.5) is 0 Å². The first kappa shape index (κ1) is 17.5. The van der Waals surface area contributed by atoms with Crippen LogP contribution in [0.2, 0.25) is 0 Å². The van der Waals surface area contributed by atoms with E-state index in [2.05, 4.69) is 22.9 Å². The van der Waals surface area contributed by atoms with Crippen molar-refractivity contribution in [2.24, 2.45) is 5.92 Å². The molecule has 3 aliphatic rings. The summed E-state index contributed by atoms with van der Waals surface area (Å²) in [6.45, 7) is 7.26. The highest BCUT2D eigenvalue weighted by atomic mass is 16.5. The van der Waals surface area contributed by atoms with Gasteiger partial charge in [-0.25, -0.2) is 0 Å². The number of likely N-dealkylation sites (tertiary alicyclic amines) is 1. The van der Waals surface area contributed by atoms with Gasteiger partial charge in [-0.3, -0.25) is 4.90 Å². The van der Waals surface area contributed by atoms with Crippen molar-refractivity contribution in [2.75, 3.05) is 46.5 Å². The minimum Gasteiger partial charge on any atom is -0.468 e. The summed E-state index contributed by atoms with van der Waals surface area (Å²) in [7, 11) is 2.19. The van der Waals surface area contributed by atoms with Gasteiger partial charge in [0.1, 0.15) is 5.76 Å². The maximum atomic E-state index is 6.35. The molecule has 0 unspecified atom stereocenters. The molecule has 4 rings (SSSR count). The molecule has 0 N–H and O–H groups in total. The Balaban J connectivity index is 1.24. The third-order valence-corrected chi connectivity index (χ3v) is 6.42. The second kappa shape index (κ2) is 7.78. The monoisotopic (exact) mass is 348 g/mol. The lowest BCUT2D eigenvalue weighted by molar-refractivity contribution is -0.0490. The Kier molecular flexibility index (Phi) is 5.46. The lowest BCUT2D eigenvalue weighted by atomic mass is 9.86. The minimum absolute atomic E-state index is 0.119. The molecule has 0 aliphatic carbocycles. The standard InChI is InChI=1S/C20H32N2O3/c1-21(15-19-3-2-10-24-19)18-13-20(25-16-18)6-8-22(9-7-20)14-17-4-11-23-12-5-17/h2-3,10,17-18H,4-9,11-16H2,1H3/t18-/m0/s1. The molecule has 0 bridgehead atoms. The Hall–Kier alpha value is -0.880. The van der Waals surface area contributed by atoms with E-state index in [1.54, 1.807) is 6.26 Å². The van der Waals surface area contributed by atoms with Crippen LogP contribution in [-0.4, -0.2) is 67.9 Å². The predicted molar refractivity (Wildman–Crippen MR) is 96.5 cm³/mol. The number of hydrogen-bond acceptors (Lipinski definition) is 5. The summed E-state index contributed by atoms with van der Waals surface area (Å²) in [6, 6.07) is 4.52. The summed E-state index contributed by atoms with van der Waals surface area (Å²) < 4.78 is 17.3. The second-order valence-corrected chi connectivity index (χ2v) is 8.20. The molecular weight excluding hydrogens is 316 g/mol. The molecule has 1 aromatic heterocycles. The predicted octanol–water partition coefficient (Wildman–Crippen LogP) is 2.76. The first-order valence-electron chi connectivity index (χ1n) is 9.89. The molecule has 3 aliphatic heterocycles. The summed E-state index contributed by atoms with van der Waals surface area (Å²) in [6.07, 6.45) is 7.75. The van der Waals surface area contributed by atoms with Crippen LogP contribution in [0.25, 0.3) is 0 Å². The molecule has 3 fully saturated rings. The summed E-state index contributed by atoms with van der Waals surface area (Å²) in [5.41, 5.74) is 0.119. The molecule has 4 heterocycles. The summed E-state index contributed by atoms with van der Waals surface area (Å²) in [4.78, 5) is 5.05. The summed E-state index contributed by atoms with van der Waals surface area (Å²) in [5.74, 6) is 1.87. The fourth-order valence-corrected chi connectivity index (χ4v) is 4.67. The van der Waals surface area contributed by atoms with Crippen LogP contribution >= 0.6 is 0 Å². The van der Waals surface area contributed by atoms with Crippen molar-refractivity contribution in [3.8, 4) is 0 Å². The molecule has 1 atom stereocenters. The number of furan rings is 1. The largest absolute Gasteiger partial charge is 0.468 e. The molecule has 1 aromatic rings. The molecule has 0 aromatic carbocycles. The molecule has 0 radical (unpaired) electrons. The number of piperidine rings is 1. The second-order valence-electron chi connectivity index (χ2n) is 8.20. The number of likely N-dealkylation sites (N-methyl/N-ethyl adjacent to an activating group) is 1. The van der Waals surface area contributed by atoms with Crippen LogP contribution in [-0.2, 0) is 16.0 Å². The summed E-state index contributed by atoms with van der Waals surface area (Å²) >= 11 is 0. The van der Waals surface area contributed by atoms with E-state index in [1.807, 2.05) is 6.07 Å². The molecular formula is C20H32N2O3. The van der Waals surface area contributed by atoms with Gasteiger partial charge in [0.05, 0.1) is 25.0 Å². The maximum absolute atomic E-state index is 6.35. The average Bonchev–Trinajstić information content (AvgIpc) is 3.29. The van der Waals surface area contributed by atoms with E-state index in [4.69, 9.17) is 13.9 Å². The topological polar surface area (TPSA) is 38.1 Å². The van der Waals surface area contributed by atoms with E-state index in [-0.39, 0.29) is 5.60 Å². The number of rotatable bonds is 5. The van der Waals surface area contributed by atoms with Crippen LogP contribution in [0.3, 0.4) is 0 Å². The first-order valence-corrected chi connectivity index (χ1v) is 9.89. The lowest BCUT2D eigenvalue weighted by Gasteiger charge is -2.40. The highest BCUT2D eigenvalue weighted by Gasteiger charge is 2.44. The number of hydrogen-bond donors (Lipinski definition) is 0.